The number of aliphatic hydroxyl groups is 2. The first-order valence-corrected chi connectivity index (χ1v) is 19.2. The van der Waals surface area contributed by atoms with Gasteiger partial charge in [-0.1, -0.05) is 194 Å². The van der Waals surface area contributed by atoms with Gasteiger partial charge in [-0.2, -0.15) is 0 Å². The van der Waals surface area contributed by atoms with Gasteiger partial charge < -0.3 is 15.5 Å². The minimum Gasteiger partial charge on any atom is -0.396 e. The van der Waals surface area contributed by atoms with Crippen LogP contribution in [0.3, 0.4) is 0 Å². The lowest BCUT2D eigenvalue weighted by Crippen LogP contribution is -2.31. The first-order valence-electron chi connectivity index (χ1n) is 19.2. The van der Waals surface area contributed by atoms with Crippen molar-refractivity contribution in [2.24, 2.45) is 11.8 Å². The molecule has 41 heavy (non-hydrogen) atoms. The SMILES string of the molecule is CCCCCCCCCCCCCCCCC(CO)CNCC(CO)CCCCCCCCCCCCCCCC. The van der Waals surface area contributed by atoms with Gasteiger partial charge in [0, 0.05) is 26.3 Å². The van der Waals surface area contributed by atoms with Gasteiger partial charge in [-0.05, 0) is 24.7 Å². The van der Waals surface area contributed by atoms with Crippen LogP contribution in [0.4, 0.5) is 0 Å². The van der Waals surface area contributed by atoms with Crippen molar-refractivity contribution in [2.45, 2.75) is 206 Å². The summed E-state index contributed by atoms with van der Waals surface area (Å²) in [6, 6.07) is 0. The highest BCUT2D eigenvalue weighted by Crippen LogP contribution is 2.17. The van der Waals surface area contributed by atoms with Crippen LogP contribution in [0.25, 0.3) is 0 Å². The Hall–Kier alpha value is -0.120. The average molecular weight is 582 g/mol. The zero-order valence-corrected chi connectivity index (χ0v) is 28.6. The Kier molecular flexibility index (Phi) is 36.0. The minimum atomic E-state index is 0.286. The van der Waals surface area contributed by atoms with Crippen LogP contribution in [-0.4, -0.2) is 36.5 Å². The predicted octanol–water partition coefficient (Wildman–Crippen LogP) is 11.5. The number of hydrogen-bond donors (Lipinski definition) is 3. The van der Waals surface area contributed by atoms with Crippen molar-refractivity contribution in [1.29, 1.82) is 0 Å². The van der Waals surface area contributed by atoms with E-state index in [2.05, 4.69) is 19.2 Å². The van der Waals surface area contributed by atoms with E-state index in [1.807, 2.05) is 0 Å². The molecule has 0 aliphatic heterocycles. The topological polar surface area (TPSA) is 52.5 Å². The number of aliphatic hydroxyl groups excluding tert-OH is 2. The van der Waals surface area contributed by atoms with E-state index < -0.39 is 0 Å². The summed E-state index contributed by atoms with van der Waals surface area (Å²) in [5, 5.41) is 23.2. The van der Waals surface area contributed by atoms with Gasteiger partial charge >= 0.3 is 0 Å². The Balaban J connectivity index is 3.48. The summed E-state index contributed by atoms with van der Waals surface area (Å²) in [7, 11) is 0. The normalized spacial score (nSPS) is 13.2. The van der Waals surface area contributed by atoms with Gasteiger partial charge in [0.2, 0.25) is 0 Å². The van der Waals surface area contributed by atoms with Crippen LogP contribution in [0.15, 0.2) is 0 Å². The van der Waals surface area contributed by atoms with Crippen LogP contribution >= 0.6 is 0 Å². The van der Waals surface area contributed by atoms with E-state index in [-0.39, 0.29) is 13.2 Å². The van der Waals surface area contributed by atoms with Crippen LogP contribution in [0.2, 0.25) is 0 Å². The molecule has 248 valence electrons. The third kappa shape index (κ3) is 32.6. The molecule has 0 spiro atoms. The Morgan fingerprint density at radius 1 is 0.341 bits per heavy atom. The standard InChI is InChI=1S/C38H79NO2/c1-3-5-7-9-11-13-15-17-19-21-23-25-27-29-31-37(35-40)33-39-34-38(36-41)32-30-28-26-24-22-20-18-16-14-12-10-8-6-4-2/h37-41H,3-36H2,1-2H3. The van der Waals surface area contributed by atoms with Crippen LogP contribution in [0, 0.1) is 11.8 Å². The maximum atomic E-state index is 9.81. The summed E-state index contributed by atoms with van der Waals surface area (Å²) in [5.74, 6) is 0.737. The molecule has 0 radical (unpaired) electrons. The molecule has 0 amide bonds. The van der Waals surface area contributed by atoms with Crippen molar-refractivity contribution in [3.63, 3.8) is 0 Å². The van der Waals surface area contributed by atoms with Crippen molar-refractivity contribution in [3.8, 4) is 0 Å². The molecule has 0 aliphatic carbocycles. The summed E-state index contributed by atoms with van der Waals surface area (Å²) < 4.78 is 0. The second kappa shape index (κ2) is 36.1. The van der Waals surface area contributed by atoms with E-state index in [1.54, 1.807) is 0 Å². The summed E-state index contributed by atoms with van der Waals surface area (Å²) in [6.45, 7) is 6.94. The Morgan fingerprint density at radius 3 is 0.780 bits per heavy atom. The van der Waals surface area contributed by atoms with E-state index >= 15 is 0 Å². The fourth-order valence-electron chi connectivity index (χ4n) is 6.26. The molecule has 0 aliphatic rings. The summed E-state index contributed by atoms with van der Waals surface area (Å²) in [5.41, 5.74) is 0. The van der Waals surface area contributed by atoms with Crippen molar-refractivity contribution >= 4 is 0 Å². The Morgan fingerprint density at radius 2 is 0.561 bits per heavy atom. The largest absolute Gasteiger partial charge is 0.396 e. The van der Waals surface area contributed by atoms with Crippen LogP contribution < -0.4 is 5.32 Å². The predicted molar refractivity (Wildman–Crippen MR) is 184 cm³/mol. The lowest BCUT2D eigenvalue weighted by Gasteiger charge is -2.19. The third-order valence-corrected chi connectivity index (χ3v) is 9.31. The maximum Gasteiger partial charge on any atom is 0.0471 e. The third-order valence-electron chi connectivity index (χ3n) is 9.31. The van der Waals surface area contributed by atoms with Crippen LogP contribution in [0.5, 0.6) is 0 Å². The zero-order valence-electron chi connectivity index (χ0n) is 28.6. The lowest BCUT2D eigenvalue weighted by molar-refractivity contribution is 0.192. The maximum absolute atomic E-state index is 9.81. The molecule has 0 fully saturated rings. The van der Waals surface area contributed by atoms with Crippen LogP contribution in [0.1, 0.15) is 206 Å². The molecular formula is C38H79NO2. The van der Waals surface area contributed by atoms with Gasteiger partial charge in [0.25, 0.3) is 0 Å². The second-order valence-corrected chi connectivity index (χ2v) is 13.5. The molecule has 0 aromatic heterocycles. The van der Waals surface area contributed by atoms with Gasteiger partial charge in [-0.3, -0.25) is 0 Å². The first-order chi connectivity index (χ1) is 20.3. The van der Waals surface area contributed by atoms with E-state index in [9.17, 15) is 10.2 Å². The lowest BCUT2D eigenvalue weighted by atomic mass is 9.98. The Labute approximate surface area is 259 Å². The highest BCUT2D eigenvalue weighted by molar-refractivity contribution is 4.66. The summed E-state index contributed by atoms with van der Waals surface area (Å²) in [4.78, 5) is 0. The zero-order chi connectivity index (χ0) is 29.9. The van der Waals surface area contributed by atoms with E-state index in [1.165, 1.54) is 180 Å². The molecule has 0 aromatic rings. The first kappa shape index (κ1) is 40.9. The summed E-state index contributed by atoms with van der Waals surface area (Å²) in [6.07, 6.45) is 41.3. The number of hydrogen-bond acceptors (Lipinski definition) is 3. The second-order valence-electron chi connectivity index (χ2n) is 13.5. The van der Waals surface area contributed by atoms with Crippen molar-refractivity contribution in [2.75, 3.05) is 26.3 Å². The molecule has 0 bridgehead atoms. The molecule has 0 saturated carbocycles. The number of unbranched alkanes of at least 4 members (excludes halogenated alkanes) is 26. The average Bonchev–Trinajstić information content (AvgIpc) is 2.99. The van der Waals surface area contributed by atoms with Crippen molar-refractivity contribution < 1.29 is 10.2 Å². The highest BCUT2D eigenvalue weighted by Gasteiger charge is 2.11. The molecule has 2 atom stereocenters. The van der Waals surface area contributed by atoms with Crippen LogP contribution in [-0.2, 0) is 0 Å². The molecule has 2 unspecified atom stereocenters. The number of rotatable bonds is 36. The van der Waals surface area contributed by atoms with E-state index in [0.717, 1.165) is 25.9 Å². The van der Waals surface area contributed by atoms with E-state index in [4.69, 9.17) is 0 Å². The van der Waals surface area contributed by atoms with E-state index in [0.29, 0.717) is 11.8 Å². The molecule has 0 heterocycles. The van der Waals surface area contributed by atoms with Gasteiger partial charge in [0.15, 0.2) is 0 Å². The van der Waals surface area contributed by atoms with Gasteiger partial charge in [-0.15, -0.1) is 0 Å². The summed E-state index contributed by atoms with van der Waals surface area (Å²) >= 11 is 0. The monoisotopic (exact) mass is 582 g/mol. The fourth-order valence-corrected chi connectivity index (χ4v) is 6.26. The molecule has 0 saturated heterocycles. The van der Waals surface area contributed by atoms with Crippen molar-refractivity contribution in [1.82, 2.24) is 5.32 Å². The van der Waals surface area contributed by atoms with Gasteiger partial charge in [-0.25, -0.2) is 0 Å². The highest BCUT2D eigenvalue weighted by atomic mass is 16.3. The Bertz CT molecular complexity index is 418. The van der Waals surface area contributed by atoms with Gasteiger partial charge in [0.1, 0.15) is 0 Å². The fraction of sp³-hybridized carbons (Fsp3) is 1.00. The molecular weight excluding hydrogens is 502 g/mol. The molecule has 3 nitrogen and oxygen atoms in total. The molecule has 3 heteroatoms. The number of nitrogens with one attached hydrogen (secondary N) is 1. The molecule has 0 aromatic carbocycles. The van der Waals surface area contributed by atoms with Crippen molar-refractivity contribution in [3.05, 3.63) is 0 Å². The minimum absolute atomic E-state index is 0.286. The quantitative estimate of drug-likeness (QED) is 0.0645. The van der Waals surface area contributed by atoms with Gasteiger partial charge in [0.05, 0.1) is 0 Å². The molecule has 0 rings (SSSR count). The smallest absolute Gasteiger partial charge is 0.0471 e. The molecule has 3 N–H and O–H groups in total.